The maximum Gasteiger partial charge on any atom is 0.326 e. The van der Waals surface area contributed by atoms with Gasteiger partial charge in [-0.15, -0.1) is 0 Å². The topological polar surface area (TPSA) is 66.8 Å². The Hall–Kier alpha value is -1.10. The molecule has 5 heteroatoms. The number of nitrogens with zero attached hydrogens (tertiary/aromatic N) is 1. The molecule has 5 nitrogen and oxygen atoms in total. The molecular formula is C11H19NO4. The Morgan fingerprint density at radius 1 is 1.44 bits per heavy atom. The van der Waals surface area contributed by atoms with Crippen molar-refractivity contribution in [3.05, 3.63) is 0 Å². The number of carboxylic acid groups (broad SMARTS) is 1. The van der Waals surface area contributed by atoms with Crippen molar-refractivity contribution in [2.24, 2.45) is 0 Å². The molecule has 0 aromatic carbocycles. The number of carbonyl (C=O) groups excluding carboxylic acids is 1. The van der Waals surface area contributed by atoms with Gasteiger partial charge in [-0.25, -0.2) is 4.79 Å². The third kappa shape index (κ3) is 3.48. The summed E-state index contributed by atoms with van der Waals surface area (Å²) in [7, 11) is 0. The molecule has 1 rings (SSSR count). The second-order valence-corrected chi connectivity index (χ2v) is 4.98. The van der Waals surface area contributed by atoms with Gasteiger partial charge in [0.15, 0.2) is 0 Å². The zero-order valence-electron chi connectivity index (χ0n) is 10.0. The molecule has 1 N–H and O–H groups in total. The summed E-state index contributed by atoms with van der Waals surface area (Å²) in [5, 5.41) is 8.93. The quantitative estimate of drug-likeness (QED) is 0.780. The SMILES string of the molecule is CC(C)(C)OCC(=O)N1CCC[C@H]1C(=O)O. The number of carbonyl (C=O) groups is 2. The zero-order valence-corrected chi connectivity index (χ0v) is 10.0. The van der Waals surface area contributed by atoms with Gasteiger partial charge in [-0.05, 0) is 33.6 Å². The lowest BCUT2D eigenvalue weighted by Crippen LogP contribution is -2.43. The van der Waals surface area contributed by atoms with Crippen LogP contribution >= 0.6 is 0 Å². The molecule has 1 saturated heterocycles. The van der Waals surface area contributed by atoms with Crippen molar-refractivity contribution < 1.29 is 19.4 Å². The van der Waals surface area contributed by atoms with Gasteiger partial charge in [0.05, 0.1) is 5.60 Å². The number of hydrogen-bond acceptors (Lipinski definition) is 3. The molecule has 0 aromatic heterocycles. The van der Waals surface area contributed by atoms with Crippen LogP contribution in [0.1, 0.15) is 33.6 Å². The summed E-state index contributed by atoms with van der Waals surface area (Å²) in [5.74, 6) is -1.17. The molecule has 0 unspecified atom stereocenters. The Morgan fingerprint density at radius 3 is 2.56 bits per heavy atom. The summed E-state index contributed by atoms with van der Waals surface area (Å²) in [6, 6.07) is -0.670. The molecule has 0 spiro atoms. The lowest BCUT2D eigenvalue weighted by Gasteiger charge is -2.24. The fourth-order valence-corrected chi connectivity index (χ4v) is 1.68. The monoisotopic (exact) mass is 229 g/mol. The lowest BCUT2D eigenvalue weighted by molar-refractivity contribution is -0.152. The predicted molar refractivity (Wildman–Crippen MR) is 58.1 cm³/mol. The van der Waals surface area contributed by atoms with E-state index in [1.54, 1.807) is 0 Å². The molecular weight excluding hydrogens is 210 g/mol. The summed E-state index contributed by atoms with van der Waals surface area (Å²) in [4.78, 5) is 24.0. The van der Waals surface area contributed by atoms with E-state index in [4.69, 9.17) is 9.84 Å². The van der Waals surface area contributed by atoms with Gasteiger partial charge in [0.2, 0.25) is 5.91 Å². The van der Waals surface area contributed by atoms with Crippen molar-refractivity contribution in [2.75, 3.05) is 13.2 Å². The number of hydrogen-bond donors (Lipinski definition) is 1. The molecule has 0 saturated carbocycles. The van der Waals surface area contributed by atoms with Crippen molar-refractivity contribution in [1.82, 2.24) is 4.90 Å². The number of amides is 1. The molecule has 0 aromatic rings. The Kier molecular flexibility index (Phi) is 3.91. The lowest BCUT2D eigenvalue weighted by atomic mass is 10.2. The summed E-state index contributed by atoms with van der Waals surface area (Å²) in [6.45, 7) is 6.05. The molecule has 1 amide bonds. The normalized spacial score (nSPS) is 21.2. The molecule has 1 atom stereocenters. The maximum absolute atomic E-state index is 11.7. The van der Waals surface area contributed by atoms with Gasteiger partial charge in [-0.3, -0.25) is 4.79 Å². The minimum atomic E-state index is -0.929. The molecule has 16 heavy (non-hydrogen) atoms. The smallest absolute Gasteiger partial charge is 0.326 e. The highest BCUT2D eigenvalue weighted by Gasteiger charge is 2.34. The number of aliphatic carboxylic acids is 1. The highest BCUT2D eigenvalue weighted by Crippen LogP contribution is 2.18. The van der Waals surface area contributed by atoms with E-state index in [-0.39, 0.29) is 18.1 Å². The first-order chi connectivity index (χ1) is 7.31. The predicted octanol–water partition coefficient (Wildman–Crippen LogP) is 0.877. The van der Waals surface area contributed by atoms with E-state index in [0.29, 0.717) is 13.0 Å². The van der Waals surface area contributed by atoms with Gasteiger partial charge >= 0.3 is 5.97 Å². The van der Waals surface area contributed by atoms with Crippen LogP contribution in [-0.4, -0.2) is 46.7 Å². The van der Waals surface area contributed by atoms with Gasteiger partial charge in [-0.1, -0.05) is 0 Å². The van der Waals surface area contributed by atoms with E-state index in [9.17, 15) is 9.59 Å². The van der Waals surface area contributed by atoms with Crippen LogP contribution in [0.25, 0.3) is 0 Å². The van der Waals surface area contributed by atoms with Crippen molar-refractivity contribution in [3.63, 3.8) is 0 Å². The van der Waals surface area contributed by atoms with E-state index in [1.807, 2.05) is 20.8 Å². The summed E-state index contributed by atoms with van der Waals surface area (Å²) in [6.07, 6.45) is 1.29. The number of rotatable bonds is 3. The van der Waals surface area contributed by atoms with Crippen LogP contribution in [0.3, 0.4) is 0 Å². The van der Waals surface area contributed by atoms with Crippen LogP contribution in [0, 0.1) is 0 Å². The van der Waals surface area contributed by atoms with Crippen LogP contribution in [-0.2, 0) is 14.3 Å². The molecule has 0 bridgehead atoms. The van der Waals surface area contributed by atoms with Crippen molar-refractivity contribution in [2.45, 2.75) is 45.3 Å². The maximum atomic E-state index is 11.7. The van der Waals surface area contributed by atoms with E-state index in [2.05, 4.69) is 0 Å². The third-order valence-electron chi connectivity index (χ3n) is 2.49. The fourth-order valence-electron chi connectivity index (χ4n) is 1.68. The molecule has 1 fully saturated rings. The van der Waals surface area contributed by atoms with E-state index in [1.165, 1.54) is 4.90 Å². The van der Waals surface area contributed by atoms with Crippen LogP contribution in [0.5, 0.6) is 0 Å². The van der Waals surface area contributed by atoms with Gasteiger partial charge < -0.3 is 14.7 Å². The number of ether oxygens (including phenoxy) is 1. The van der Waals surface area contributed by atoms with Gasteiger partial charge in [0.1, 0.15) is 12.6 Å². The molecule has 1 heterocycles. The Labute approximate surface area is 95.4 Å². The van der Waals surface area contributed by atoms with E-state index < -0.39 is 12.0 Å². The minimum absolute atomic E-state index is 0.0483. The first-order valence-corrected chi connectivity index (χ1v) is 5.47. The molecule has 1 aliphatic heterocycles. The van der Waals surface area contributed by atoms with Crippen molar-refractivity contribution in [3.8, 4) is 0 Å². The van der Waals surface area contributed by atoms with Gasteiger partial charge in [0, 0.05) is 6.54 Å². The first kappa shape index (κ1) is 13.0. The third-order valence-corrected chi connectivity index (χ3v) is 2.49. The van der Waals surface area contributed by atoms with Gasteiger partial charge in [0.25, 0.3) is 0 Å². The molecule has 0 aliphatic carbocycles. The Bertz CT molecular complexity index is 282. The van der Waals surface area contributed by atoms with E-state index in [0.717, 1.165) is 6.42 Å². The highest BCUT2D eigenvalue weighted by atomic mass is 16.5. The summed E-state index contributed by atoms with van der Waals surface area (Å²) in [5.41, 5.74) is -0.381. The Balaban J connectivity index is 2.50. The van der Waals surface area contributed by atoms with Crippen molar-refractivity contribution in [1.29, 1.82) is 0 Å². The Morgan fingerprint density at radius 2 is 2.06 bits per heavy atom. The summed E-state index contributed by atoms with van der Waals surface area (Å²) >= 11 is 0. The van der Waals surface area contributed by atoms with Crippen LogP contribution in [0.15, 0.2) is 0 Å². The van der Waals surface area contributed by atoms with E-state index >= 15 is 0 Å². The minimum Gasteiger partial charge on any atom is -0.480 e. The number of likely N-dealkylation sites (tertiary alicyclic amines) is 1. The first-order valence-electron chi connectivity index (χ1n) is 5.47. The molecule has 92 valence electrons. The van der Waals surface area contributed by atoms with Crippen LogP contribution in [0.2, 0.25) is 0 Å². The molecule has 1 aliphatic rings. The zero-order chi connectivity index (χ0) is 12.3. The van der Waals surface area contributed by atoms with Crippen molar-refractivity contribution >= 4 is 11.9 Å². The fraction of sp³-hybridized carbons (Fsp3) is 0.818. The highest BCUT2D eigenvalue weighted by molar-refractivity contribution is 5.84. The molecule has 0 radical (unpaired) electrons. The van der Waals surface area contributed by atoms with Gasteiger partial charge in [-0.2, -0.15) is 0 Å². The number of carboxylic acids is 1. The van der Waals surface area contributed by atoms with Crippen LogP contribution < -0.4 is 0 Å². The second-order valence-electron chi connectivity index (χ2n) is 4.98. The van der Waals surface area contributed by atoms with Crippen LogP contribution in [0.4, 0.5) is 0 Å². The summed E-state index contributed by atoms with van der Waals surface area (Å²) < 4.78 is 5.35. The average molecular weight is 229 g/mol. The standard InChI is InChI=1S/C11H19NO4/c1-11(2,3)16-7-9(13)12-6-4-5-8(12)10(14)15/h8H,4-7H2,1-3H3,(H,14,15)/t8-/m0/s1. The largest absolute Gasteiger partial charge is 0.480 e. The second kappa shape index (κ2) is 4.82. The average Bonchev–Trinajstić information content (AvgIpc) is 2.61.